The Labute approximate surface area is 155 Å². The summed E-state index contributed by atoms with van der Waals surface area (Å²) in [5.41, 5.74) is 2.25. The van der Waals surface area contributed by atoms with Crippen molar-refractivity contribution in [3.05, 3.63) is 35.4 Å². The Kier molecular flexibility index (Phi) is 4.32. The molecule has 0 radical (unpaired) electrons. The number of nitrogens with one attached hydrogen (secondary N) is 1. The Hall–Kier alpha value is -1.84. The Morgan fingerprint density at radius 1 is 1.00 bits per heavy atom. The van der Waals surface area contributed by atoms with Crippen LogP contribution < -0.4 is 5.32 Å². The van der Waals surface area contributed by atoms with Crippen molar-refractivity contribution >= 4 is 11.9 Å². The van der Waals surface area contributed by atoms with E-state index in [9.17, 15) is 14.7 Å². The van der Waals surface area contributed by atoms with E-state index in [1.165, 1.54) is 44.1 Å². The number of aliphatic carboxylic acids is 1. The molecule has 1 aromatic rings. The second-order valence-electron chi connectivity index (χ2n) is 9.31. The number of carboxylic acids is 1. The van der Waals surface area contributed by atoms with Gasteiger partial charge in [-0.05, 0) is 85.3 Å². The van der Waals surface area contributed by atoms with Crippen molar-refractivity contribution in [2.75, 3.05) is 0 Å². The van der Waals surface area contributed by atoms with Crippen LogP contribution in [0.15, 0.2) is 24.3 Å². The highest BCUT2D eigenvalue weighted by Gasteiger charge is 2.51. The lowest BCUT2D eigenvalue weighted by molar-refractivity contribution is -0.140. The van der Waals surface area contributed by atoms with Gasteiger partial charge >= 0.3 is 5.97 Å². The minimum absolute atomic E-state index is 0.150. The highest BCUT2D eigenvalue weighted by molar-refractivity contribution is 5.96. The van der Waals surface area contributed by atoms with Crippen LogP contribution in [0, 0.1) is 23.7 Å². The highest BCUT2D eigenvalue weighted by atomic mass is 16.4. The molecule has 4 aliphatic rings. The van der Waals surface area contributed by atoms with Crippen molar-refractivity contribution in [3.63, 3.8) is 0 Å². The maximum absolute atomic E-state index is 12.4. The molecule has 4 bridgehead atoms. The van der Waals surface area contributed by atoms with E-state index in [1.807, 2.05) is 12.1 Å². The van der Waals surface area contributed by atoms with Gasteiger partial charge in [0.05, 0.1) is 0 Å². The predicted molar refractivity (Wildman–Crippen MR) is 100 cm³/mol. The molecule has 0 saturated heterocycles. The third-order valence-electron chi connectivity index (χ3n) is 7.02. The van der Waals surface area contributed by atoms with Gasteiger partial charge < -0.3 is 10.4 Å². The van der Waals surface area contributed by atoms with Gasteiger partial charge in [0.2, 0.25) is 0 Å². The van der Waals surface area contributed by atoms with Crippen LogP contribution in [0.2, 0.25) is 0 Å². The number of carboxylic acid groups (broad SMARTS) is 1. The third-order valence-corrected chi connectivity index (χ3v) is 7.02. The number of carbonyl (C=O) groups is 2. The summed E-state index contributed by atoms with van der Waals surface area (Å²) in [5.74, 6) is 1.24. The van der Waals surface area contributed by atoms with Gasteiger partial charge in [-0.3, -0.25) is 4.79 Å². The number of amides is 1. The largest absolute Gasteiger partial charge is 0.480 e. The summed E-state index contributed by atoms with van der Waals surface area (Å²) in [7, 11) is 0. The number of benzene rings is 1. The maximum atomic E-state index is 12.4. The summed E-state index contributed by atoms with van der Waals surface area (Å²) in [6.07, 6.45) is 8.18. The molecule has 0 aliphatic heterocycles. The molecule has 2 N–H and O–H groups in total. The zero-order chi connectivity index (χ0) is 18.5. The SMILES string of the molecule is CC(C)[C@@H](NC(=O)c1ccc(C23CC4CC(CC(C4)C2)C3)cc1)C(=O)O. The molecule has 4 nitrogen and oxygen atoms in total. The molecular formula is C22H29NO3. The van der Waals surface area contributed by atoms with Crippen molar-refractivity contribution in [2.45, 2.75) is 63.8 Å². The molecule has 140 valence electrons. The summed E-state index contributed by atoms with van der Waals surface area (Å²) < 4.78 is 0. The number of hydrogen-bond acceptors (Lipinski definition) is 2. The lowest BCUT2D eigenvalue weighted by Crippen LogP contribution is -2.48. The van der Waals surface area contributed by atoms with Gasteiger partial charge in [0, 0.05) is 5.56 Å². The molecule has 0 aromatic heterocycles. The summed E-state index contributed by atoms with van der Waals surface area (Å²) in [4.78, 5) is 23.8. The Bertz CT molecular complexity index is 671. The van der Waals surface area contributed by atoms with Crippen molar-refractivity contribution in [3.8, 4) is 0 Å². The van der Waals surface area contributed by atoms with Crippen LogP contribution >= 0.6 is 0 Å². The number of hydrogen-bond donors (Lipinski definition) is 2. The van der Waals surface area contributed by atoms with E-state index >= 15 is 0 Å². The van der Waals surface area contributed by atoms with Crippen LogP contribution in [-0.2, 0) is 10.2 Å². The van der Waals surface area contributed by atoms with Crippen LogP contribution in [0.1, 0.15) is 68.3 Å². The molecule has 0 unspecified atom stereocenters. The molecule has 4 fully saturated rings. The first kappa shape index (κ1) is 17.6. The van der Waals surface area contributed by atoms with Crippen molar-refractivity contribution in [2.24, 2.45) is 23.7 Å². The summed E-state index contributed by atoms with van der Waals surface area (Å²) in [6.45, 7) is 3.60. The van der Waals surface area contributed by atoms with Gasteiger partial charge in [0.15, 0.2) is 0 Å². The fraction of sp³-hybridized carbons (Fsp3) is 0.636. The van der Waals surface area contributed by atoms with Crippen LogP contribution in [0.3, 0.4) is 0 Å². The van der Waals surface area contributed by atoms with Crippen molar-refractivity contribution < 1.29 is 14.7 Å². The molecule has 4 aliphatic carbocycles. The standard InChI is InChI=1S/C22H29NO3/c1-13(2)19(21(25)26)23-20(24)17-3-5-18(6-4-17)22-10-14-7-15(11-22)9-16(8-14)12-22/h3-6,13-16,19H,7-12H2,1-2H3,(H,23,24)(H,25,26)/t14?,15?,16?,19-,22?/m1/s1. The first-order valence-electron chi connectivity index (χ1n) is 10.0. The van der Waals surface area contributed by atoms with Gasteiger partial charge in [0.25, 0.3) is 5.91 Å². The summed E-state index contributed by atoms with van der Waals surface area (Å²) in [6, 6.07) is 7.14. The quantitative estimate of drug-likeness (QED) is 0.839. The topological polar surface area (TPSA) is 66.4 Å². The second-order valence-corrected chi connectivity index (χ2v) is 9.31. The fourth-order valence-corrected chi connectivity index (χ4v) is 6.18. The number of carbonyl (C=O) groups excluding carboxylic acids is 1. The highest BCUT2D eigenvalue weighted by Crippen LogP contribution is 2.60. The molecule has 5 rings (SSSR count). The normalized spacial score (nSPS) is 33.3. The van der Waals surface area contributed by atoms with Crippen LogP contribution in [0.25, 0.3) is 0 Å². The van der Waals surface area contributed by atoms with E-state index in [4.69, 9.17) is 0 Å². The van der Waals surface area contributed by atoms with Crippen LogP contribution in [0.4, 0.5) is 0 Å². The minimum atomic E-state index is -0.987. The Morgan fingerprint density at radius 3 is 1.92 bits per heavy atom. The molecule has 0 heterocycles. The second kappa shape index (κ2) is 6.40. The van der Waals surface area contributed by atoms with Crippen LogP contribution in [-0.4, -0.2) is 23.0 Å². The third kappa shape index (κ3) is 3.04. The van der Waals surface area contributed by atoms with E-state index in [2.05, 4.69) is 17.4 Å². The van der Waals surface area contributed by atoms with Crippen LogP contribution in [0.5, 0.6) is 0 Å². The molecule has 1 aromatic carbocycles. The molecular weight excluding hydrogens is 326 g/mol. The van der Waals surface area contributed by atoms with Gasteiger partial charge in [-0.1, -0.05) is 26.0 Å². The monoisotopic (exact) mass is 355 g/mol. The first-order chi connectivity index (χ1) is 12.4. The average molecular weight is 355 g/mol. The smallest absolute Gasteiger partial charge is 0.326 e. The zero-order valence-corrected chi connectivity index (χ0v) is 15.7. The molecule has 0 spiro atoms. The van der Waals surface area contributed by atoms with Crippen molar-refractivity contribution in [1.82, 2.24) is 5.32 Å². The van der Waals surface area contributed by atoms with Gasteiger partial charge in [-0.15, -0.1) is 0 Å². The summed E-state index contributed by atoms with van der Waals surface area (Å²) in [5, 5.41) is 11.9. The lowest BCUT2D eigenvalue weighted by atomic mass is 9.48. The maximum Gasteiger partial charge on any atom is 0.326 e. The van der Waals surface area contributed by atoms with Gasteiger partial charge in [0.1, 0.15) is 6.04 Å². The molecule has 1 amide bonds. The first-order valence-corrected chi connectivity index (χ1v) is 10.0. The molecule has 26 heavy (non-hydrogen) atoms. The van der Waals surface area contributed by atoms with Gasteiger partial charge in [-0.2, -0.15) is 0 Å². The zero-order valence-electron chi connectivity index (χ0n) is 15.7. The Morgan fingerprint density at radius 2 is 1.50 bits per heavy atom. The summed E-state index contributed by atoms with van der Waals surface area (Å²) >= 11 is 0. The molecule has 4 heteroatoms. The van der Waals surface area contributed by atoms with E-state index in [-0.39, 0.29) is 11.8 Å². The van der Waals surface area contributed by atoms with Gasteiger partial charge in [-0.25, -0.2) is 4.79 Å². The van der Waals surface area contributed by atoms with E-state index in [0.29, 0.717) is 11.0 Å². The average Bonchev–Trinajstić information content (AvgIpc) is 2.58. The fourth-order valence-electron chi connectivity index (χ4n) is 6.18. The van der Waals surface area contributed by atoms with E-state index in [0.717, 1.165) is 17.8 Å². The minimum Gasteiger partial charge on any atom is -0.480 e. The van der Waals surface area contributed by atoms with Crippen molar-refractivity contribution in [1.29, 1.82) is 0 Å². The predicted octanol–water partition coefficient (Wildman–Crippen LogP) is 3.99. The molecule has 1 atom stereocenters. The van der Waals surface area contributed by atoms with E-state index < -0.39 is 12.0 Å². The van der Waals surface area contributed by atoms with E-state index in [1.54, 1.807) is 13.8 Å². The Balaban J connectivity index is 1.50. The molecule has 4 saturated carbocycles. The number of rotatable bonds is 5. The lowest BCUT2D eigenvalue weighted by Gasteiger charge is -2.57.